The summed E-state index contributed by atoms with van der Waals surface area (Å²) in [4.78, 5) is 25.1. The molecule has 2 aliphatic rings. The molecule has 1 aromatic heterocycles. The van der Waals surface area contributed by atoms with E-state index in [-0.39, 0.29) is 42.7 Å². The van der Waals surface area contributed by atoms with Gasteiger partial charge in [-0.05, 0) is 43.0 Å². The van der Waals surface area contributed by atoms with E-state index in [0.717, 1.165) is 0 Å². The van der Waals surface area contributed by atoms with Crippen LogP contribution in [0, 0.1) is 5.92 Å². The predicted octanol–water partition coefficient (Wildman–Crippen LogP) is 1.38. The predicted molar refractivity (Wildman–Crippen MR) is 108 cm³/mol. The van der Waals surface area contributed by atoms with E-state index in [1.54, 1.807) is 4.68 Å². The number of nitrogens with zero attached hydrogens (tertiary/aromatic N) is 3. The number of amides is 2. The van der Waals surface area contributed by atoms with Crippen molar-refractivity contribution in [2.45, 2.75) is 55.5 Å². The molecule has 9 nitrogen and oxygen atoms in total. The van der Waals surface area contributed by atoms with E-state index in [1.165, 1.54) is 24.3 Å². The third-order valence-electron chi connectivity index (χ3n) is 5.64. The summed E-state index contributed by atoms with van der Waals surface area (Å²) in [6.07, 6.45) is 0.518. The monoisotopic (exact) mass is 451 g/mol. The van der Waals surface area contributed by atoms with Crippen molar-refractivity contribution in [1.82, 2.24) is 25.6 Å². The summed E-state index contributed by atoms with van der Waals surface area (Å²) in [5, 5.41) is 14.2. The van der Waals surface area contributed by atoms with Crippen LogP contribution >= 0.6 is 11.6 Å². The number of sulfone groups is 1. The molecule has 30 heavy (non-hydrogen) atoms. The van der Waals surface area contributed by atoms with Crippen molar-refractivity contribution < 1.29 is 18.0 Å². The maximum Gasteiger partial charge on any atom is 0.245 e. The first-order valence-electron chi connectivity index (χ1n) is 9.66. The number of hydrogen-bond donors (Lipinski definition) is 2. The maximum atomic E-state index is 13.0. The van der Waals surface area contributed by atoms with Gasteiger partial charge in [-0.3, -0.25) is 9.59 Å². The fourth-order valence-corrected chi connectivity index (χ4v) is 5.78. The highest BCUT2D eigenvalue weighted by Crippen LogP contribution is 2.47. The van der Waals surface area contributed by atoms with Crippen LogP contribution in [0.15, 0.2) is 29.2 Å². The Morgan fingerprint density at radius 1 is 1.33 bits per heavy atom. The molecule has 160 valence electrons. The molecule has 11 heteroatoms. The summed E-state index contributed by atoms with van der Waals surface area (Å²) in [6, 6.07) is 5.34. The van der Waals surface area contributed by atoms with Crippen LogP contribution < -0.4 is 10.6 Å². The van der Waals surface area contributed by atoms with Crippen LogP contribution in [0.2, 0.25) is 5.02 Å². The molecule has 0 radical (unpaired) electrons. The lowest BCUT2D eigenvalue weighted by Gasteiger charge is -2.26. The Kier molecular flexibility index (Phi) is 5.09. The van der Waals surface area contributed by atoms with Crippen molar-refractivity contribution >= 4 is 33.3 Å². The lowest BCUT2D eigenvalue weighted by Crippen LogP contribution is -2.43. The van der Waals surface area contributed by atoms with Gasteiger partial charge < -0.3 is 10.6 Å². The van der Waals surface area contributed by atoms with Crippen molar-refractivity contribution in [3.05, 3.63) is 40.7 Å². The van der Waals surface area contributed by atoms with E-state index in [9.17, 15) is 18.0 Å². The lowest BCUT2D eigenvalue weighted by atomic mass is 10.0. The molecule has 0 spiro atoms. The fraction of sp³-hybridized carbons (Fsp3) is 0.474. The fourth-order valence-electron chi connectivity index (χ4n) is 3.76. The van der Waals surface area contributed by atoms with Gasteiger partial charge in [0.1, 0.15) is 11.7 Å². The first kappa shape index (κ1) is 20.8. The highest BCUT2D eigenvalue weighted by molar-refractivity contribution is 7.94. The molecule has 1 fully saturated rings. The number of carbonyl (C=O) groups is 2. The van der Waals surface area contributed by atoms with Crippen LogP contribution in [-0.4, -0.2) is 40.0 Å². The molecule has 2 amide bonds. The van der Waals surface area contributed by atoms with Crippen LogP contribution in [-0.2, 0) is 32.5 Å². The highest BCUT2D eigenvalue weighted by atomic mass is 35.5. The summed E-state index contributed by atoms with van der Waals surface area (Å²) in [5.74, 6) is -0.657. The van der Waals surface area contributed by atoms with E-state index in [1.807, 2.05) is 13.8 Å². The Morgan fingerprint density at radius 2 is 2.00 bits per heavy atom. The number of aromatic nitrogens is 3. The molecular weight excluding hydrogens is 430 g/mol. The normalized spacial score (nSPS) is 19.9. The second-order valence-electron chi connectivity index (χ2n) is 7.97. The molecule has 0 saturated heterocycles. The Morgan fingerprint density at radius 3 is 2.60 bits per heavy atom. The largest absolute Gasteiger partial charge is 0.349 e. The van der Waals surface area contributed by atoms with Crippen LogP contribution in [0.1, 0.15) is 44.1 Å². The van der Waals surface area contributed by atoms with Crippen molar-refractivity contribution in [1.29, 1.82) is 0 Å². The number of halogens is 1. The third-order valence-corrected chi connectivity index (χ3v) is 8.40. The number of nitrogens with one attached hydrogen (secondary N) is 2. The zero-order valence-electron chi connectivity index (χ0n) is 16.6. The summed E-state index contributed by atoms with van der Waals surface area (Å²) in [7, 11) is -3.85. The minimum absolute atomic E-state index is 0.0208. The standard InChI is InChI=1S/C19H22ClN5O4S/c1-11(2)16-17(26)21-10-15-14(23-24-25(15)16)9-22-18(27)19(7-8-19)30(28,29)13-5-3-12(20)4-6-13/h3-6,11,16H,7-10H2,1-2H3,(H,21,26)(H,22,27). The van der Waals surface area contributed by atoms with Crippen LogP contribution in [0.25, 0.3) is 0 Å². The number of rotatable bonds is 6. The first-order chi connectivity index (χ1) is 14.2. The second kappa shape index (κ2) is 7.35. The molecule has 2 heterocycles. The first-order valence-corrected chi connectivity index (χ1v) is 11.5. The minimum Gasteiger partial charge on any atom is -0.349 e. The molecule has 1 aliphatic carbocycles. The lowest BCUT2D eigenvalue weighted by molar-refractivity contribution is -0.127. The minimum atomic E-state index is -3.85. The van der Waals surface area contributed by atoms with E-state index >= 15 is 0 Å². The molecule has 2 aromatic rings. The van der Waals surface area contributed by atoms with Gasteiger partial charge in [0, 0.05) is 5.02 Å². The topological polar surface area (TPSA) is 123 Å². The van der Waals surface area contributed by atoms with Crippen molar-refractivity contribution in [3.8, 4) is 0 Å². The van der Waals surface area contributed by atoms with E-state index in [4.69, 9.17) is 11.6 Å². The van der Waals surface area contributed by atoms with Gasteiger partial charge in [0.15, 0.2) is 14.6 Å². The quantitative estimate of drug-likeness (QED) is 0.684. The van der Waals surface area contributed by atoms with Crippen LogP contribution in [0.3, 0.4) is 0 Å². The molecule has 1 saturated carbocycles. The van der Waals surface area contributed by atoms with Gasteiger partial charge in [0.25, 0.3) is 0 Å². The Balaban J connectivity index is 1.52. The Labute approximate surface area is 179 Å². The summed E-state index contributed by atoms with van der Waals surface area (Å²) >= 11 is 5.84. The maximum absolute atomic E-state index is 13.0. The molecular formula is C19H22ClN5O4S. The van der Waals surface area contributed by atoms with Crippen molar-refractivity contribution in [2.24, 2.45) is 5.92 Å². The van der Waals surface area contributed by atoms with Crippen LogP contribution in [0.5, 0.6) is 0 Å². The van der Waals surface area contributed by atoms with E-state index < -0.39 is 26.5 Å². The summed E-state index contributed by atoms with van der Waals surface area (Å²) in [6.45, 7) is 4.13. The number of benzene rings is 1. The number of carbonyl (C=O) groups excluding carboxylic acids is 2. The number of fused-ring (bicyclic) bond motifs is 1. The smallest absolute Gasteiger partial charge is 0.245 e. The second-order valence-corrected chi connectivity index (χ2v) is 10.7. The average molecular weight is 452 g/mol. The summed E-state index contributed by atoms with van der Waals surface area (Å²) in [5.41, 5.74) is 1.22. The third kappa shape index (κ3) is 3.27. The van der Waals surface area contributed by atoms with Crippen LogP contribution in [0.4, 0.5) is 0 Å². The molecule has 1 aromatic carbocycles. The van der Waals surface area contributed by atoms with Crippen molar-refractivity contribution in [3.63, 3.8) is 0 Å². The van der Waals surface area contributed by atoms with E-state index in [0.29, 0.717) is 16.4 Å². The van der Waals surface area contributed by atoms with Gasteiger partial charge in [-0.15, -0.1) is 5.10 Å². The molecule has 2 N–H and O–H groups in total. The van der Waals surface area contributed by atoms with Crippen molar-refractivity contribution in [2.75, 3.05) is 0 Å². The number of hydrogen-bond acceptors (Lipinski definition) is 6. The molecule has 1 aliphatic heterocycles. The van der Waals surface area contributed by atoms with Gasteiger partial charge in [0.05, 0.1) is 23.7 Å². The highest BCUT2D eigenvalue weighted by Gasteiger charge is 2.61. The zero-order chi connectivity index (χ0) is 21.7. The Hall–Kier alpha value is -2.46. The molecule has 1 unspecified atom stereocenters. The van der Waals surface area contributed by atoms with Gasteiger partial charge in [-0.1, -0.05) is 30.7 Å². The Bertz CT molecular complexity index is 1110. The molecule has 4 rings (SSSR count). The van der Waals surface area contributed by atoms with Gasteiger partial charge in [0.2, 0.25) is 11.8 Å². The van der Waals surface area contributed by atoms with Gasteiger partial charge >= 0.3 is 0 Å². The SMILES string of the molecule is CC(C)C1C(=O)NCc2c(CNC(=O)C3(S(=O)(=O)c4ccc(Cl)cc4)CC3)nnn21. The molecule has 1 atom stereocenters. The van der Waals surface area contributed by atoms with E-state index in [2.05, 4.69) is 20.9 Å². The van der Waals surface area contributed by atoms with Gasteiger partial charge in [-0.2, -0.15) is 0 Å². The average Bonchev–Trinajstić information content (AvgIpc) is 3.43. The summed E-state index contributed by atoms with van der Waals surface area (Å²) < 4.78 is 26.2. The molecule has 0 bridgehead atoms. The van der Waals surface area contributed by atoms with Gasteiger partial charge in [-0.25, -0.2) is 13.1 Å². The zero-order valence-corrected chi connectivity index (χ0v) is 18.1.